The fourth-order valence-corrected chi connectivity index (χ4v) is 4.78. The molecule has 0 aliphatic carbocycles. The Morgan fingerprint density at radius 3 is 2.39 bits per heavy atom. The van der Waals surface area contributed by atoms with Crippen LogP contribution in [0.2, 0.25) is 0 Å². The number of piperidine rings is 1. The minimum atomic E-state index is -1.09. The molecule has 4 rings (SSSR count). The van der Waals surface area contributed by atoms with E-state index in [9.17, 15) is 9.00 Å². The predicted octanol–water partition coefficient (Wildman–Crippen LogP) is 3.02. The normalized spacial score (nSPS) is 19.8. The van der Waals surface area contributed by atoms with Gasteiger partial charge in [-0.25, -0.2) is 0 Å². The Labute approximate surface area is 167 Å². The number of hydrogen-bond donors (Lipinski definition) is 0. The third kappa shape index (κ3) is 4.37. The third-order valence-corrected chi connectivity index (χ3v) is 6.51. The molecule has 1 amide bonds. The lowest BCUT2D eigenvalue weighted by molar-refractivity contribution is -0.181. The molecule has 2 fully saturated rings. The van der Waals surface area contributed by atoms with Gasteiger partial charge >= 0.3 is 0 Å². The Balaban J connectivity index is 1.31. The Morgan fingerprint density at radius 1 is 1.04 bits per heavy atom. The molecule has 3 heterocycles. The van der Waals surface area contributed by atoms with Crippen molar-refractivity contribution in [2.24, 2.45) is 0 Å². The maximum Gasteiger partial charge on any atom is 0.289 e. The molecule has 7 heteroatoms. The first-order valence-electron chi connectivity index (χ1n) is 9.59. The van der Waals surface area contributed by atoms with Gasteiger partial charge in [-0.1, -0.05) is 29.8 Å². The van der Waals surface area contributed by atoms with Crippen LogP contribution in [0.25, 0.3) is 0 Å². The van der Waals surface area contributed by atoms with Gasteiger partial charge in [0.25, 0.3) is 5.91 Å². The van der Waals surface area contributed by atoms with Crippen LogP contribution in [-0.2, 0) is 31.8 Å². The summed E-state index contributed by atoms with van der Waals surface area (Å²) in [5.74, 6) is 1.00. The van der Waals surface area contributed by atoms with Crippen molar-refractivity contribution < 1.29 is 22.9 Å². The van der Waals surface area contributed by atoms with Crippen molar-refractivity contribution in [3.63, 3.8) is 0 Å². The van der Waals surface area contributed by atoms with Crippen LogP contribution in [0.4, 0.5) is 0 Å². The van der Waals surface area contributed by atoms with Crippen LogP contribution in [0, 0.1) is 6.92 Å². The molecule has 2 saturated heterocycles. The molecular weight excluding hydrogens is 378 g/mol. The molecule has 150 valence electrons. The quantitative estimate of drug-likeness (QED) is 0.768. The summed E-state index contributed by atoms with van der Waals surface area (Å²) in [5, 5.41) is 0. The summed E-state index contributed by atoms with van der Waals surface area (Å²) >= 11 is 0. The average Bonchev–Trinajstić information content (AvgIpc) is 3.34. The molecule has 2 aromatic rings. The van der Waals surface area contributed by atoms with E-state index in [-0.39, 0.29) is 5.91 Å². The standard InChI is InChI=1S/C21H25NO5S/c1-16-2-4-17(5-3-16)14-28(24)15-18-6-7-19(27-18)20(23)22-10-8-21(9-11-22)25-12-13-26-21/h2-7H,8-15H2,1H3/t28-/m1/s1. The van der Waals surface area contributed by atoms with Crippen LogP contribution in [0.3, 0.4) is 0 Å². The maximum absolute atomic E-state index is 12.7. The number of benzene rings is 1. The number of hydrogen-bond acceptors (Lipinski definition) is 5. The first-order valence-corrected chi connectivity index (χ1v) is 11.1. The fourth-order valence-electron chi connectivity index (χ4n) is 3.64. The van der Waals surface area contributed by atoms with Gasteiger partial charge in [-0.2, -0.15) is 0 Å². The van der Waals surface area contributed by atoms with Crippen LogP contribution in [-0.4, -0.2) is 47.1 Å². The molecule has 1 spiro atoms. The second-order valence-electron chi connectivity index (χ2n) is 7.38. The van der Waals surface area contributed by atoms with E-state index >= 15 is 0 Å². The van der Waals surface area contributed by atoms with Gasteiger partial charge in [0.1, 0.15) is 5.76 Å². The lowest BCUT2D eigenvalue weighted by Gasteiger charge is -2.37. The summed E-state index contributed by atoms with van der Waals surface area (Å²) < 4.78 is 29.5. The summed E-state index contributed by atoms with van der Waals surface area (Å²) in [5.41, 5.74) is 2.21. The molecule has 2 aliphatic heterocycles. The first kappa shape index (κ1) is 19.4. The van der Waals surface area contributed by atoms with Gasteiger partial charge in [0.2, 0.25) is 0 Å². The minimum absolute atomic E-state index is 0.136. The van der Waals surface area contributed by atoms with Gasteiger partial charge in [-0.3, -0.25) is 9.00 Å². The van der Waals surface area contributed by atoms with E-state index in [2.05, 4.69) is 0 Å². The van der Waals surface area contributed by atoms with Crippen molar-refractivity contribution >= 4 is 16.7 Å². The van der Waals surface area contributed by atoms with Crippen molar-refractivity contribution in [1.82, 2.24) is 4.90 Å². The number of aryl methyl sites for hydroxylation is 1. The summed E-state index contributed by atoms with van der Waals surface area (Å²) in [4.78, 5) is 14.5. The molecule has 0 N–H and O–H groups in total. The molecule has 0 radical (unpaired) electrons. The molecule has 0 bridgehead atoms. The van der Waals surface area contributed by atoms with Gasteiger partial charge in [-0.15, -0.1) is 0 Å². The van der Waals surface area contributed by atoms with E-state index in [1.165, 1.54) is 5.56 Å². The van der Waals surface area contributed by atoms with Gasteiger partial charge in [0.05, 0.1) is 19.0 Å². The molecule has 1 aromatic carbocycles. The third-order valence-electron chi connectivity index (χ3n) is 5.25. The SMILES string of the molecule is Cc1ccc(C[S@@](=O)Cc2ccc(C(=O)N3CCC4(CC3)OCCO4)o2)cc1. The summed E-state index contributed by atoms with van der Waals surface area (Å²) in [6, 6.07) is 11.4. The molecule has 6 nitrogen and oxygen atoms in total. The zero-order valence-electron chi connectivity index (χ0n) is 16.0. The van der Waals surface area contributed by atoms with E-state index in [0.717, 1.165) is 5.56 Å². The number of likely N-dealkylation sites (tertiary alicyclic amines) is 1. The van der Waals surface area contributed by atoms with Crippen molar-refractivity contribution in [3.8, 4) is 0 Å². The van der Waals surface area contributed by atoms with Crippen molar-refractivity contribution in [1.29, 1.82) is 0 Å². The number of carbonyl (C=O) groups is 1. The van der Waals surface area contributed by atoms with E-state index in [4.69, 9.17) is 13.9 Å². The molecule has 1 aromatic heterocycles. The molecule has 0 saturated carbocycles. The lowest BCUT2D eigenvalue weighted by atomic mass is 10.0. The predicted molar refractivity (Wildman–Crippen MR) is 105 cm³/mol. The van der Waals surface area contributed by atoms with Gasteiger partial charge < -0.3 is 18.8 Å². The lowest BCUT2D eigenvalue weighted by Crippen LogP contribution is -2.47. The van der Waals surface area contributed by atoms with Crippen molar-refractivity contribution in [2.45, 2.75) is 37.1 Å². The number of ether oxygens (including phenoxy) is 2. The molecule has 1 atom stereocenters. The van der Waals surface area contributed by atoms with E-state index in [1.807, 2.05) is 31.2 Å². The topological polar surface area (TPSA) is 69.0 Å². The molecular formula is C21H25NO5S. The number of rotatable bonds is 5. The number of nitrogens with zero attached hydrogens (tertiary/aromatic N) is 1. The smallest absolute Gasteiger partial charge is 0.289 e. The van der Waals surface area contributed by atoms with Crippen LogP contribution in [0.15, 0.2) is 40.8 Å². The van der Waals surface area contributed by atoms with Crippen LogP contribution < -0.4 is 0 Å². The van der Waals surface area contributed by atoms with E-state index in [1.54, 1.807) is 17.0 Å². The van der Waals surface area contributed by atoms with Crippen LogP contribution >= 0.6 is 0 Å². The van der Waals surface area contributed by atoms with Crippen LogP contribution in [0.5, 0.6) is 0 Å². The zero-order chi connectivity index (χ0) is 19.6. The van der Waals surface area contributed by atoms with Crippen molar-refractivity contribution in [3.05, 3.63) is 59.0 Å². The van der Waals surface area contributed by atoms with Crippen LogP contribution in [0.1, 0.15) is 40.3 Å². The van der Waals surface area contributed by atoms with E-state index in [0.29, 0.717) is 62.2 Å². The summed E-state index contributed by atoms with van der Waals surface area (Å²) in [7, 11) is -1.09. The highest BCUT2D eigenvalue weighted by Gasteiger charge is 2.41. The Hall–Kier alpha value is -1.96. The Kier molecular flexibility index (Phi) is 5.66. The highest BCUT2D eigenvalue weighted by molar-refractivity contribution is 7.83. The second kappa shape index (κ2) is 8.19. The number of amides is 1. The number of furan rings is 1. The molecule has 28 heavy (non-hydrogen) atoms. The average molecular weight is 404 g/mol. The Bertz CT molecular complexity index is 844. The van der Waals surface area contributed by atoms with Gasteiger partial charge in [-0.05, 0) is 24.6 Å². The fraction of sp³-hybridized carbons (Fsp3) is 0.476. The summed E-state index contributed by atoms with van der Waals surface area (Å²) in [6.07, 6.45) is 1.35. The molecule has 2 aliphatic rings. The zero-order valence-corrected chi connectivity index (χ0v) is 16.8. The first-order chi connectivity index (χ1) is 13.5. The van der Waals surface area contributed by atoms with Gasteiger partial charge in [0, 0.05) is 42.5 Å². The number of carbonyl (C=O) groups excluding carboxylic acids is 1. The van der Waals surface area contributed by atoms with Gasteiger partial charge in [0.15, 0.2) is 11.5 Å². The Morgan fingerprint density at radius 2 is 1.71 bits per heavy atom. The monoisotopic (exact) mass is 403 g/mol. The molecule has 0 unspecified atom stereocenters. The maximum atomic E-state index is 12.7. The second-order valence-corrected chi connectivity index (χ2v) is 8.84. The highest BCUT2D eigenvalue weighted by Crippen LogP contribution is 2.31. The minimum Gasteiger partial charge on any atom is -0.455 e. The largest absolute Gasteiger partial charge is 0.455 e. The van der Waals surface area contributed by atoms with Crippen molar-refractivity contribution in [2.75, 3.05) is 26.3 Å². The van der Waals surface area contributed by atoms with E-state index < -0.39 is 16.6 Å². The highest BCUT2D eigenvalue weighted by atomic mass is 32.2. The summed E-state index contributed by atoms with van der Waals surface area (Å²) in [6.45, 7) is 4.42.